The normalized spacial score (nSPS) is 11.7. The molecule has 0 saturated heterocycles. The number of rotatable bonds is 16. The highest BCUT2D eigenvalue weighted by atomic mass is 16.5. The topological polar surface area (TPSA) is 52.6 Å². The monoisotopic (exact) mass is 392 g/mol. The number of carbonyl (C=O) groups is 2. The Hall–Kier alpha value is -1.76. The number of ether oxygens (including phenoxy) is 2. The van der Waals surface area contributed by atoms with Gasteiger partial charge in [0.15, 0.2) is 0 Å². The van der Waals surface area contributed by atoms with Crippen LogP contribution in [0.1, 0.15) is 104 Å². The summed E-state index contributed by atoms with van der Waals surface area (Å²) in [6.45, 7) is 6.65. The maximum Gasteiger partial charge on any atom is 0.331 e. The van der Waals surface area contributed by atoms with Gasteiger partial charge in [0.25, 0.3) is 0 Å². The second-order valence-electron chi connectivity index (χ2n) is 7.10. The first-order valence-corrected chi connectivity index (χ1v) is 11.1. The molecule has 0 saturated carbocycles. The standard InChI is InChI=1S/C24H40O4/c1-4-7-9-11-12-13-14-15-17-21-27-23(25)19-20-24(26)28-22(6-3)18-16-10-8-5-2/h19-20,22H,4-9,11-15,17-18,21H2,1-3H3/b20-19+. The summed E-state index contributed by atoms with van der Waals surface area (Å²) in [6.07, 6.45) is 16.1. The summed E-state index contributed by atoms with van der Waals surface area (Å²) >= 11 is 0. The Morgan fingerprint density at radius 1 is 0.786 bits per heavy atom. The van der Waals surface area contributed by atoms with Crippen LogP contribution in [-0.2, 0) is 19.1 Å². The van der Waals surface area contributed by atoms with Crippen molar-refractivity contribution in [3.05, 3.63) is 12.2 Å². The van der Waals surface area contributed by atoms with Gasteiger partial charge < -0.3 is 9.47 Å². The molecule has 0 N–H and O–H groups in total. The molecule has 4 heteroatoms. The molecule has 160 valence electrons. The van der Waals surface area contributed by atoms with Gasteiger partial charge in [-0.15, -0.1) is 5.92 Å². The predicted octanol–water partition coefficient (Wildman–Crippen LogP) is 6.13. The molecule has 28 heavy (non-hydrogen) atoms. The quantitative estimate of drug-likeness (QED) is 0.137. The minimum absolute atomic E-state index is 0.237. The average Bonchev–Trinajstić information content (AvgIpc) is 2.70. The lowest BCUT2D eigenvalue weighted by Gasteiger charge is -2.11. The molecular formula is C24H40O4. The van der Waals surface area contributed by atoms with E-state index in [2.05, 4.69) is 25.7 Å². The first-order valence-electron chi connectivity index (χ1n) is 11.1. The van der Waals surface area contributed by atoms with Gasteiger partial charge in [0, 0.05) is 25.0 Å². The van der Waals surface area contributed by atoms with E-state index in [1.807, 2.05) is 6.92 Å². The Morgan fingerprint density at radius 3 is 2.00 bits per heavy atom. The molecule has 0 aromatic rings. The van der Waals surface area contributed by atoms with E-state index in [1.165, 1.54) is 44.9 Å². The van der Waals surface area contributed by atoms with Crippen molar-refractivity contribution in [2.24, 2.45) is 0 Å². The number of unbranched alkanes of at least 4 members (excludes halogenated alkanes) is 9. The smallest absolute Gasteiger partial charge is 0.331 e. The van der Waals surface area contributed by atoms with Gasteiger partial charge in [0.2, 0.25) is 0 Å². The summed E-state index contributed by atoms with van der Waals surface area (Å²) in [5, 5.41) is 0. The third kappa shape index (κ3) is 17.6. The van der Waals surface area contributed by atoms with Crippen LogP contribution in [0.5, 0.6) is 0 Å². The number of carbonyl (C=O) groups excluding carboxylic acids is 2. The average molecular weight is 393 g/mol. The lowest BCUT2D eigenvalue weighted by molar-refractivity contribution is -0.144. The van der Waals surface area contributed by atoms with Crippen LogP contribution >= 0.6 is 0 Å². The second-order valence-corrected chi connectivity index (χ2v) is 7.10. The molecule has 1 unspecified atom stereocenters. The van der Waals surface area contributed by atoms with E-state index in [9.17, 15) is 9.59 Å². The van der Waals surface area contributed by atoms with Gasteiger partial charge in [0.1, 0.15) is 6.10 Å². The van der Waals surface area contributed by atoms with Crippen LogP contribution < -0.4 is 0 Å². The lowest BCUT2D eigenvalue weighted by Crippen LogP contribution is -2.15. The van der Waals surface area contributed by atoms with Crippen LogP contribution in [0.3, 0.4) is 0 Å². The highest BCUT2D eigenvalue weighted by Crippen LogP contribution is 2.09. The highest BCUT2D eigenvalue weighted by Gasteiger charge is 2.09. The highest BCUT2D eigenvalue weighted by molar-refractivity contribution is 5.91. The van der Waals surface area contributed by atoms with Crippen molar-refractivity contribution in [2.75, 3.05) is 6.61 Å². The maximum absolute atomic E-state index is 11.8. The third-order valence-corrected chi connectivity index (χ3v) is 4.42. The molecule has 1 atom stereocenters. The van der Waals surface area contributed by atoms with Crippen LogP contribution in [0.25, 0.3) is 0 Å². The Kier molecular flexibility index (Phi) is 18.7. The van der Waals surface area contributed by atoms with E-state index in [0.717, 1.165) is 37.8 Å². The minimum atomic E-state index is -0.524. The van der Waals surface area contributed by atoms with E-state index < -0.39 is 11.9 Å². The van der Waals surface area contributed by atoms with Gasteiger partial charge in [-0.2, -0.15) is 0 Å². The number of esters is 2. The molecule has 0 rings (SSSR count). The summed E-state index contributed by atoms with van der Waals surface area (Å²) in [7, 11) is 0. The number of hydrogen-bond acceptors (Lipinski definition) is 4. The van der Waals surface area contributed by atoms with E-state index in [-0.39, 0.29) is 6.10 Å². The van der Waals surface area contributed by atoms with Crippen molar-refractivity contribution in [1.82, 2.24) is 0 Å². The van der Waals surface area contributed by atoms with Crippen molar-refractivity contribution >= 4 is 11.9 Å². The predicted molar refractivity (Wildman–Crippen MR) is 115 cm³/mol. The van der Waals surface area contributed by atoms with Crippen LogP contribution in [-0.4, -0.2) is 24.6 Å². The molecule has 0 spiro atoms. The van der Waals surface area contributed by atoms with E-state index in [0.29, 0.717) is 19.4 Å². The molecule has 0 aromatic carbocycles. The molecule has 0 aromatic heterocycles. The molecule has 0 aliphatic rings. The summed E-state index contributed by atoms with van der Waals surface area (Å²) in [5.41, 5.74) is 0. The summed E-state index contributed by atoms with van der Waals surface area (Å²) in [5.74, 6) is 5.05. The molecule has 0 fully saturated rings. The molecule has 0 aliphatic carbocycles. The molecule has 0 heterocycles. The summed E-state index contributed by atoms with van der Waals surface area (Å²) in [6, 6.07) is 0. The van der Waals surface area contributed by atoms with Crippen molar-refractivity contribution < 1.29 is 19.1 Å². The Labute approximate surface area is 172 Å². The van der Waals surface area contributed by atoms with Crippen LogP contribution in [0.15, 0.2) is 12.2 Å². The van der Waals surface area contributed by atoms with Crippen molar-refractivity contribution in [1.29, 1.82) is 0 Å². The maximum atomic E-state index is 11.8. The number of hydrogen-bond donors (Lipinski definition) is 0. The largest absolute Gasteiger partial charge is 0.463 e. The molecule has 0 bridgehead atoms. The molecular weight excluding hydrogens is 352 g/mol. The zero-order chi connectivity index (χ0) is 20.9. The third-order valence-electron chi connectivity index (χ3n) is 4.42. The first-order chi connectivity index (χ1) is 13.6. The fourth-order valence-corrected chi connectivity index (χ4v) is 2.64. The zero-order valence-electron chi connectivity index (χ0n) is 18.3. The van der Waals surface area contributed by atoms with Crippen LogP contribution in [0.4, 0.5) is 0 Å². The fraction of sp³-hybridized carbons (Fsp3) is 0.750. The lowest BCUT2D eigenvalue weighted by atomic mass is 10.1. The fourth-order valence-electron chi connectivity index (χ4n) is 2.64. The molecule has 0 amide bonds. The van der Waals surface area contributed by atoms with Gasteiger partial charge in [-0.1, -0.05) is 78.1 Å². The summed E-state index contributed by atoms with van der Waals surface area (Å²) in [4.78, 5) is 23.4. The molecule has 0 aliphatic heterocycles. The minimum Gasteiger partial charge on any atom is -0.463 e. The van der Waals surface area contributed by atoms with Crippen molar-refractivity contribution in [3.63, 3.8) is 0 Å². The van der Waals surface area contributed by atoms with Gasteiger partial charge in [-0.05, 0) is 19.3 Å². The SMILES string of the molecule is CCCC#CCC(CC)OC(=O)/C=C/C(=O)OCCCCCCCCCCC. The van der Waals surface area contributed by atoms with Gasteiger partial charge in [-0.3, -0.25) is 0 Å². The Bertz CT molecular complexity index is 485. The van der Waals surface area contributed by atoms with Crippen molar-refractivity contribution in [2.45, 2.75) is 110 Å². The molecule has 0 radical (unpaired) electrons. The van der Waals surface area contributed by atoms with E-state index >= 15 is 0 Å². The molecule has 4 nitrogen and oxygen atoms in total. The van der Waals surface area contributed by atoms with Crippen LogP contribution in [0.2, 0.25) is 0 Å². The van der Waals surface area contributed by atoms with E-state index in [1.54, 1.807) is 0 Å². The Morgan fingerprint density at radius 2 is 1.39 bits per heavy atom. The van der Waals surface area contributed by atoms with Crippen LogP contribution in [0, 0.1) is 11.8 Å². The second kappa shape index (κ2) is 20.0. The van der Waals surface area contributed by atoms with Crippen molar-refractivity contribution in [3.8, 4) is 11.8 Å². The Balaban J connectivity index is 3.77. The van der Waals surface area contributed by atoms with E-state index in [4.69, 9.17) is 9.47 Å². The van der Waals surface area contributed by atoms with Gasteiger partial charge in [-0.25, -0.2) is 9.59 Å². The van der Waals surface area contributed by atoms with Gasteiger partial charge >= 0.3 is 11.9 Å². The first kappa shape index (κ1) is 26.2. The summed E-state index contributed by atoms with van der Waals surface area (Å²) < 4.78 is 10.4. The zero-order valence-corrected chi connectivity index (χ0v) is 18.3. The van der Waals surface area contributed by atoms with Gasteiger partial charge in [0.05, 0.1) is 6.61 Å².